The van der Waals surface area contributed by atoms with Crippen LogP contribution >= 0.6 is 11.6 Å². The van der Waals surface area contributed by atoms with Crippen molar-refractivity contribution in [3.05, 3.63) is 68.5 Å². The minimum atomic E-state index is -3.30. The number of hydrogen-bond donors (Lipinski definition) is 0. The maximum absolute atomic E-state index is 13.7. The summed E-state index contributed by atoms with van der Waals surface area (Å²) in [6.07, 6.45) is 1.15. The van der Waals surface area contributed by atoms with Gasteiger partial charge in [-0.3, -0.25) is 9.59 Å². The molecule has 10 heteroatoms. The fraction of sp³-hybridized carbons (Fsp3) is 0.407. The second-order valence-electron chi connectivity index (χ2n) is 9.93. The molecule has 3 heterocycles. The van der Waals surface area contributed by atoms with Gasteiger partial charge < -0.3 is 18.8 Å². The van der Waals surface area contributed by atoms with Crippen molar-refractivity contribution >= 4 is 38.3 Å². The summed E-state index contributed by atoms with van der Waals surface area (Å²) in [6.45, 7) is 4.73. The van der Waals surface area contributed by atoms with Crippen LogP contribution in [0.25, 0.3) is 11.0 Å². The van der Waals surface area contributed by atoms with Crippen molar-refractivity contribution in [1.29, 1.82) is 0 Å². The molecule has 2 atom stereocenters. The monoisotopic (exact) mass is 545 g/mol. The van der Waals surface area contributed by atoms with Crippen LogP contribution in [0.15, 0.2) is 45.6 Å². The van der Waals surface area contributed by atoms with Gasteiger partial charge in [-0.15, -0.1) is 0 Å². The van der Waals surface area contributed by atoms with Gasteiger partial charge in [-0.1, -0.05) is 31.5 Å². The third kappa shape index (κ3) is 4.70. The predicted octanol–water partition coefficient (Wildman–Crippen LogP) is 4.61. The summed E-state index contributed by atoms with van der Waals surface area (Å²) in [5.41, 5.74) is 0.627. The van der Waals surface area contributed by atoms with E-state index >= 15 is 0 Å². The highest BCUT2D eigenvalue weighted by Gasteiger charge is 2.48. The van der Waals surface area contributed by atoms with Crippen molar-refractivity contribution < 1.29 is 27.1 Å². The zero-order valence-electron chi connectivity index (χ0n) is 20.8. The number of rotatable bonds is 7. The summed E-state index contributed by atoms with van der Waals surface area (Å²) in [5, 5.41) is 0.620. The molecule has 0 N–H and O–H groups in total. The lowest BCUT2D eigenvalue weighted by Gasteiger charge is -2.30. The molecule has 1 fully saturated rings. The number of sulfone groups is 1. The van der Waals surface area contributed by atoms with E-state index in [-0.39, 0.29) is 45.6 Å². The molecule has 2 unspecified atom stereocenters. The van der Waals surface area contributed by atoms with E-state index < -0.39 is 27.8 Å². The van der Waals surface area contributed by atoms with Crippen LogP contribution in [0.4, 0.5) is 0 Å². The van der Waals surface area contributed by atoms with Gasteiger partial charge in [0.1, 0.15) is 5.58 Å². The first kappa shape index (κ1) is 25.6. The number of halogens is 1. The zero-order chi connectivity index (χ0) is 26.5. The number of amides is 1. The highest BCUT2D eigenvalue weighted by atomic mass is 35.5. The summed E-state index contributed by atoms with van der Waals surface area (Å²) in [4.78, 5) is 28.9. The van der Waals surface area contributed by atoms with Gasteiger partial charge in [-0.25, -0.2) is 8.42 Å². The molecule has 0 radical (unpaired) electrons. The Labute approximate surface area is 220 Å². The summed E-state index contributed by atoms with van der Waals surface area (Å²) >= 11 is 6.15. The molecule has 196 valence electrons. The lowest BCUT2D eigenvalue weighted by atomic mass is 9.97. The van der Waals surface area contributed by atoms with Crippen LogP contribution in [0.2, 0.25) is 5.02 Å². The summed E-state index contributed by atoms with van der Waals surface area (Å²) in [5.74, 6) is 0.701. The number of benzene rings is 2. The second kappa shape index (κ2) is 9.68. The van der Waals surface area contributed by atoms with Crippen LogP contribution in [0.5, 0.6) is 11.5 Å². The molecule has 3 aromatic rings. The van der Waals surface area contributed by atoms with E-state index in [4.69, 9.17) is 25.5 Å². The van der Waals surface area contributed by atoms with Gasteiger partial charge in [0.2, 0.25) is 5.76 Å². The average molecular weight is 546 g/mol. The van der Waals surface area contributed by atoms with Gasteiger partial charge >= 0.3 is 0 Å². The minimum absolute atomic E-state index is 0.0184. The number of ether oxygens (including phenoxy) is 2. The van der Waals surface area contributed by atoms with E-state index in [1.54, 1.807) is 30.3 Å². The SMILES string of the molecule is COc1cc(C2c3c(oc4ccc(Cl)cc4c3=O)C(=O)N2C2CCS(=O)(=O)C2)ccc1OCCC(C)C. The van der Waals surface area contributed by atoms with E-state index in [0.29, 0.717) is 34.6 Å². The molecule has 0 spiro atoms. The Kier molecular flexibility index (Phi) is 6.70. The van der Waals surface area contributed by atoms with Crippen LogP contribution in [0, 0.1) is 5.92 Å². The normalized spacial score (nSPS) is 20.6. The fourth-order valence-corrected chi connectivity index (χ4v) is 6.92. The molecule has 2 aliphatic heterocycles. The molecule has 1 amide bonds. The summed E-state index contributed by atoms with van der Waals surface area (Å²) < 4.78 is 42.1. The largest absolute Gasteiger partial charge is 0.493 e. The van der Waals surface area contributed by atoms with Crippen LogP contribution in [-0.4, -0.2) is 50.5 Å². The van der Waals surface area contributed by atoms with E-state index in [0.717, 1.165) is 6.42 Å². The van der Waals surface area contributed by atoms with Gasteiger partial charge in [0.15, 0.2) is 26.8 Å². The third-order valence-electron chi connectivity index (χ3n) is 6.93. The number of carbonyl (C=O) groups excluding carboxylic acids is 1. The molecule has 0 saturated carbocycles. The molecule has 2 aromatic carbocycles. The van der Waals surface area contributed by atoms with Crippen molar-refractivity contribution in [3.8, 4) is 11.5 Å². The Balaban J connectivity index is 1.65. The van der Waals surface area contributed by atoms with Crippen molar-refractivity contribution in [1.82, 2.24) is 4.90 Å². The molecule has 0 aliphatic carbocycles. The van der Waals surface area contributed by atoms with E-state index in [1.165, 1.54) is 18.1 Å². The quantitative estimate of drug-likeness (QED) is 0.427. The zero-order valence-corrected chi connectivity index (χ0v) is 22.4. The van der Waals surface area contributed by atoms with Crippen LogP contribution in [0.3, 0.4) is 0 Å². The molecule has 1 saturated heterocycles. The lowest BCUT2D eigenvalue weighted by molar-refractivity contribution is 0.0662. The Bertz CT molecular complexity index is 1550. The molecule has 1 aromatic heterocycles. The molecule has 8 nitrogen and oxygen atoms in total. The first-order valence-corrected chi connectivity index (χ1v) is 14.4. The molecule has 2 aliphatic rings. The Morgan fingerprint density at radius 2 is 1.92 bits per heavy atom. The number of hydrogen-bond acceptors (Lipinski definition) is 7. The fourth-order valence-electron chi connectivity index (χ4n) is 5.04. The third-order valence-corrected chi connectivity index (χ3v) is 8.91. The maximum Gasteiger partial charge on any atom is 0.291 e. The summed E-state index contributed by atoms with van der Waals surface area (Å²) in [6, 6.07) is 8.47. The average Bonchev–Trinajstić information content (AvgIpc) is 3.35. The van der Waals surface area contributed by atoms with Gasteiger partial charge in [0.05, 0.1) is 42.2 Å². The van der Waals surface area contributed by atoms with E-state index in [9.17, 15) is 18.0 Å². The van der Waals surface area contributed by atoms with E-state index in [2.05, 4.69) is 13.8 Å². The van der Waals surface area contributed by atoms with Gasteiger partial charge in [0, 0.05) is 11.1 Å². The Morgan fingerprint density at radius 1 is 1.14 bits per heavy atom. The first-order valence-electron chi connectivity index (χ1n) is 12.2. The van der Waals surface area contributed by atoms with Gasteiger partial charge in [-0.2, -0.15) is 0 Å². The molecule has 37 heavy (non-hydrogen) atoms. The Hall–Kier alpha value is -3.04. The highest BCUT2D eigenvalue weighted by molar-refractivity contribution is 7.91. The molecular formula is C27H28ClNO7S. The standard InChI is InChI=1S/C27H28ClNO7S/c1-15(2)8-10-35-21-6-4-16(12-22(21)34-3)24-23-25(30)19-13-17(28)5-7-20(19)36-26(23)27(31)29(24)18-9-11-37(32,33)14-18/h4-7,12-13,15,18,24H,8-11,14H2,1-3H3. The topological polar surface area (TPSA) is 103 Å². The molecule has 0 bridgehead atoms. The number of fused-ring (bicyclic) bond motifs is 2. The Morgan fingerprint density at radius 3 is 2.59 bits per heavy atom. The second-order valence-corrected chi connectivity index (χ2v) is 12.6. The maximum atomic E-state index is 13.7. The smallest absolute Gasteiger partial charge is 0.291 e. The number of carbonyl (C=O) groups is 1. The van der Waals surface area contributed by atoms with Crippen LogP contribution in [0.1, 0.15) is 54.4 Å². The number of nitrogens with zero attached hydrogens (tertiary/aromatic N) is 1. The summed E-state index contributed by atoms with van der Waals surface area (Å²) in [7, 11) is -1.78. The van der Waals surface area contributed by atoms with Crippen molar-refractivity contribution in [2.24, 2.45) is 5.92 Å². The van der Waals surface area contributed by atoms with E-state index in [1.807, 2.05) is 0 Å². The minimum Gasteiger partial charge on any atom is -0.493 e. The number of methoxy groups -OCH3 is 1. The molecular weight excluding hydrogens is 518 g/mol. The predicted molar refractivity (Wildman–Crippen MR) is 141 cm³/mol. The lowest BCUT2D eigenvalue weighted by Crippen LogP contribution is -2.40. The first-order chi connectivity index (χ1) is 17.6. The highest BCUT2D eigenvalue weighted by Crippen LogP contribution is 2.43. The van der Waals surface area contributed by atoms with Crippen molar-refractivity contribution in [2.45, 2.75) is 38.8 Å². The van der Waals surface area contributed by atoms with Gasteiger partial charge in [0.25, 0.3) is 5.91 Å². The molecule has 5 rings (SSSR count). The van der Waals surface area contributed by atoms with Crippen LogP contribution < -0.4 is 14.9 Å². The van der Waals surface area contributed by atoms with Crippen molar-refractivity contribution in [3.63, 3.8) is 0 Å². The van der Waals surface area contributed by atoms with Gasteiger partial charge in [-0.05, 0) is 54.7 Å². The van der Waals surface area contributed by atoms with Crippen LogP contribution in [-0.2, 0) is 9.84 Å². The van der Waals surface area contributed by atoms with Crippen molar-refractivity contribution in [2.75, 3.05) is 25.2 Å².